The Labute approximate surface area is 115 Å². The average molecular weight is 258 g/mol. The van der Waals surface area contributed by atoms with Gasteiger partial charge in [-0.05, 0) is 37.3 Å². The van der Waals surface area contributed by atoms with E-state index in [4.69, 9.17) is 10.00 Å². The van der Waals surface area contributed by atoms with Crippen LogP contribution in [-0.4, -0.2) is 13.2 Å². The number of methoxy groups -OCH3 is 1. The highest BCUT2D eigenvalue weighted by Gasteiger charge is 2.17. The molecule has 2 unspecified atom stereocenters. The molecule has 0 spiro atoms. The molecule has 1 aliphatic rings. The fraction of sp³-hybridized carbons (Fsp3) is 0.562. The Morgan fingerprint density at radius 1 is 1.26 bits per heavy atom. The summed E-state index contributed by atoms with van der Waals surface area (Å²) < 4.78 is 5.37. The molecule has 102 valence electrons. The lowest BCUT2D eigenvalue weighted by molar-refractivity contribution is 0.415. The molecule has 1 aromatic carbocycles. The zero-order chi connectivity index (χ0) is 13.7. The molecule has 3 nitrogen and oxygen atoms in total. The molecule has 1 N–H and O–H groups in total. The van der Waals surface area contributed by atoms with Crippen molar-refractivity contribution >= 4 is 5.69 Å². The Balaban J connectivity index is 2.08. The van der Waals surface area contributed by atoms with Crippen LogP contribution in [-0.2, 0) is 0 Å². The minimum absolute atomic E-state index is 0.520. The van der Waals surface area contributed by atoms with E-state index in [1.165, 1.54) is 32.1 Å². The molecule has 1 saturated carbocycles. The summed E-state index contributed by atoms with van der Waals surface area (Å²) in [4.78, 5) is 0. The van der Waals surface area contributed by atoms with E-state index in [9.17, 15) is 0 Å². The second-order valence-corrected chi connectivity index (χ2v) is 5.48. The first-order chi connectivity index (χ1) is 9.22. The summed E-state index contributed by atoms with van der Waals surface area (Å²) >= 11 is 0. The van der Waals surface area contributed by atoms with Gasteiger partial charge in [-0.15, -0.1) is 0 Å². The predicted octanol–water partition coefficient (Wildman–Crippen LogP) is 3.95. The van der Waals surface area contributed by atoms with Gasteiger partial charge in [-0.25, -0.2) is 0 Å². The highest BCUT2D eigenvalue weighted by molar-refractivity contribution is 5.59. The first kappa shape index (κ1) is 13.7. The largest absolute Gasteiger partial charge is 0.495 e. The highest BCUT2D eigenvalue weighted by Crippen LogP contribution is 2.30. The number of hydrogen-bond donors (Lipinski definition) is 1. The van der Waals surface area contributed by atoms with Crippen LogP contribution in [0.4, 0.5) is 5.69 Å². The minimum atomic E-state index is 0.520. The maximum absolute atomic E-state index is 8.91. The van der Waals surface area contributed by atoms with Crippen LogP contribution in [0, 0.1) is 17.2 Å². The number of benzene rings is 1. The predicted molar refractivity (Wildman–Crippen MR) is 77.4 cm³/mol. The maximum atomic E-state index is 8.91. The average Bonchev–Trinajstić information content (AvgIpc) is 2.64. The highest BCUT2D eigenvalue weighted by atomic mass is 16.5. The summed E-state index contributed by atoms with van der Waals surface area (Å²) in [6.45, 7) is 2.34. The van der Waals surface area contributed by atoms with Crippen molar-refractivity contribution in [3.63, 3.8) is 0 Å². The summed E-state index contributed by atoms with van der Waals surface area (Å²) in [5, 5.41) is 12.5. The van der Waals surface area contributed by atoms with Crippen molar-refractivity contribution in [2.45, 2.75) is 45.1 Å². The van der Waals surface area contributed by atoms with Crippen LogP contribution in [0.25, 0.3) is 0 Å². The number of anilines is 1. The third kappa shape index (κ3) is 3.64. The van der Waals surface area contributed by atoms with E-state index in [-0.39, 0.29) is 0 Å². The van der Waals surface area contributed by atoms with Gasteiger partial charge in [-0.2, -0.15) is 5.26 Å². The van der Waals surface area contributed by atoms with Crippen molar-refractivity contribution in [1.29, 1.82) is 5.26 Å². The monoisotopic (exact) mass is 258 g/mol. The molecule has 0 radical (unpaired) electrons. The molecular formula is C16H22N2O. The van der Waals surface area contributed by atoms with Crippen LogP contribution >= 0.6 is 0 Å². The minimum Gasteiger partial charge on any atom is -0.495 e. The third-order valence-electron chi connectivity index (χ3n) is 3.95. The van der Waals surface area contributed by atoms with E-state index in [0.29, 0.717) is 11.6 Å². The lowest BCUT2D eigenvalue weighted by atomic mass is 10.0. The van der Waals surface area contributed by atoms with E-state index < -0.39 is 0 Å². The summed E-state index contributed by atoms with van der Waals surface area (Å²) in [7, 11) is 1.65. The number of ether oxygens (including phenoxy) is 1. The van der Waals surface area contributed by atoms with Gasteiger partial charge in [0, 0.05) is 12.1 Å². The fourth-order valence-electron chi connectivity index (χ4n) is 2.73. The van der Waals surface area contributed by atoms with E-state index in [1.54, 1.807) is 13.2 Å². The molecule has 0 bridgehead atoms. The van der Waals surface area contributed by atoms with E-state index in [2.05, 4.69) is 18.3 Å². The molecular weight excluding hydrogens is 236 g/mol. The van der Waals surface area contributed by atoms with Crippen molar-refractivity contribution in [2.75, 3.05) is 12.4 Å². The standard InChI is InChI=1S/C16H22N2O/c1-12-4-3-5-14(8-6-12)18-15-9-7-13(11-17)10-16(15)19-2/h7,9-10,12,14,18H,3-6,8H2,1-2H3. The second-order valence-electron chi connectivity index (χ2n) is 5.48. The molecule has 0 aliphatic heterocycles. The summed E-state index contributed by atoms with van der Waals surface area (Å²) in [6.07, 6.45) is 6.34. The smallest absolute Gasteiger partial charge is 0.143 e. The Morgan fingerprint density at radius 2 is 2.11 bits per heavy atom. The quantitative estimate of drug-likeness (QED) is 0.835. The van der Waals surface area contributed by atoms with Gasteiger partial charge in [0.2, 0.25) is 0 Å². The lowest BCUT2D eigenvalue weighted by Crippen LogP contribution is -2.18. The Kier molecular flexibility index (Phi) is 4.68. The molecule has 0 aromatic heterocycles. The van der Waals surface area contributed by atoms with Gasteiger partial charge in [0.25, 0.3) is 0 Å². The normalized spacial score (nSPS) is 23.2. The van der Waals surface area contributed by atoms with Crippen molar-refractivity contribution in [1.82, 2.24) is 0 Å². The van der Waals surface area contributed by atoms with Crippen molar-refractivity contribution in [3.05, 3.63) is 23.8 Å². The maximum Gasteiger partial charge on any atom is 0.143 e. The van der Waals surface area contributed by atoms with Crippen LogP contribution in [0.1, 0.15) is 44.6 Å². The van der Waals surface area contributed by atoms with E-state index in [1.807, 2.05) is 12.1 Å². The zero-order valence-corrected chi connectivity index (χ0v) is 11.8. The summed E-state index contributed by atoms with van der Waals surface area (Å²) in [6, 6.07) is 8.24. The lowest BCUT2D eigenvalue weighted by Gasteiger charge is -2.19. The molecule has 3 heteroatoms. The van der Waals surface area contributed by atoms with Crippen molar-refractivity contribution in [3.8, 4) is 11.8 Å². The van der Waals surface area contributed by atoms with Gasteiger partial charge in [-0.3, -0.25) is 0 Å². The van der Waals surface area contributed by atoms with Gasteiger partial charge in [0.05, 0.1) is 24.4 Å². The molecule has 0 saturated heterocycles. The Hall–Kier alpha value is -1.69. The number of nitrogens with zero attached hydrogens (tertiary/aromatic N) is 1. The Morgan fingerprint density at radius 3 is 2.84 bits per heavy atom. The summed E-state index contributed by atoms with van der Waals surface area (Å²) in [5.41, 5.74) is 1.64. The molecule has 2 atom stereocenters. The van der Waals surface area contributed by atoms with Crippen LogP contribution in [0.5, 0.6) is 5.75 Å². The topological polar surface area (TPSA) is 45.0 Å². The van der Waals surface area contributed by atoms with Gasteiger partial charge < -0.3 is 10.1 Å². The second kappa shape index (κ2) is 6.47. The van der Waals surface area contributed by atoms with Crippen LogP contribution in [0.2, 0.25) is 0 Å². The molecule has 2 rings (SSSR count). The first-order valence-electron chi connectivity index (χ1n) is 7.07. The molecule has 0 amide bonds. The zero-order valence-electron chi connectivity index (χ0n) is 11.8. The molecule has 0 heterocycles. The van der Waals surface area contributed by atoms with Gasteiger partial charge >= 0.3 is 0 Å². The fourth-order valence-corrected chi connectivity index (χ4v) is 2.73. The van der Waals surface area contributed by atoms with Crippen LogP contribution in [0.3, 0.4) is 0 Å². The van der Waals surface area contributed by atoms with E-state index in [0.717, 1.165) is 17.4 Å². The molecule has 19 heavy (non-hydrogen) atoms. The SMILES string of the molecule is COc1cc(C#N)ccc1NC1CCCC(C)CC1. The van der Waals surface area contributed by atoms with Gasteiger partial charge in [0.15, 0.2) is 0 Å². The van der Waals surface area contributed by atoms with Crippen molar-refractivity contribution in [2.24, 2.45) is 5.92 Å². The molecule has 1 aromatic rings. The number of rotatable bonds is 3. The van der Waals surface area contributed by atoms with Gasteiger partial charge in [0.1, 0.15) is 5.75 Å². The van der Waals surface area contributed by atoms with Gasteiger partial charge in [-0.1, -0.05) is 19.8 Å². The Bertz CT molecular complexity index is 464. The van der Waals surface area contributed by atoms with E-state index >= 15 is 0 Å². The number of hydrogen-bond acceptors (Lipinski definition) is 3. The van der Waals surface area contributed by atoms with Crippen LogP contribution in [0.15, 0.2) is 18.2 Å². The molecule has 1 fully saturated rings. The first-order valence-corrected chi connectivity index (χ1v) is 7.07. The molecule has 1 aliphatic carbocycles. The summed E-state index contributed by atoms with van der Waals surface area (Å²) in [5.74, 6) is 1.60. The third-order valence-corrected chi connectivity index (χ3v) is 3.95. The van der Waals surface area contributed by atoms with Crippen molar-refractivity contribution < 1.29 is 4.74 Å². The van der Waals surface area contributed by atoms with Crippen LogP contribution < -0.4 is 10.1 Å². The number of nitrogens with one attached hydrogen (secondary N) is 1. The number of nitriles is 1.